The number of phenols is 1. The number of urea groups is 1. The number of hydrogen-bond acceptors (Lipinski definition) is 5. The first-order valence-electron chi connectivity index (χ1n) is 5.75. The quantitative estimate of drug-likeness (QED) is 0.749. The fourth-order valence-corrected chi connectivity index (χ4v) is 1.73. The van der Waals surface area contributed by atoms with Gasteiger partial charge < -0.3 is 20.3 Å². The van der Waals surface area contributed by atoms with Crippen molar-refractivity contribution < 1.29 is 29.3 Å². The van der Waals surface area contributed by atoms with Crippen molar-refractivity contribution in [2.24, 2.45) is 0 Å². The summed E-state index contributed by atoms with van der Waals surface area (Å²) >= 11 is 0. The zero-order valence-electron chi connectivity index (χ0n) is 10.3. The third-order valence-electron chi connectivity index (χ3n) is 2.75. The van der Waals surface area contributed by atoms with Crippen LogP contribution in [0.3, 0.4) is 0 Å². The van der Waals surface area contributed by atoms with Crippen LogP contribution in [0.4, 0.5) is 9.59 Å². The number of carbonyl (C=O) groups is 3. The van der Waals surface area contributed by atoms with Gasteiger partial charge in [0.1, 0.15) is 12.4 Å². The molecular weight excluding hydrogens is 268 g/mol. The average Bonchev–Trinajstić information content (AvgIpc) is 2.83. The van der Waals surface area contributed by atoms with Crippen molar-refractivity contribution in [2.75, 3.05) is 13.2 Å². The summed E-state index contributed by atoms with van der Waals surface area (Å²) in [6.45, 7) is 0.162. The van der Waals surface area contributed by atoms with E-state index in [4.69, 9.17) is 10.2 Å². The zero-order valence-corrected chi connectivity index (χ0v) is 10.3. The van der Waals surface area contributed by atoms with Gasteiger partial charge in [0.2, 0.25) is 0 Å². The number of aromatic hydroxyl groups is 1. The van der Waals surface area contributed by atoms with E-state index in [9.17, 15) is 14.4 Å². The first kappa shape index (κ1) is 13.7. The molecule has 8 nitrogen and oxygen atoms in total. The van der Waals surface area contributed by atoms with Gasteiger partial charge in [-0.3, -0.25) is 0 Å². The molecule has 0 aliphatic carbocycles. The lowest BCUT2D eigenvalue weighted by atomic mass is 10.1. The molecule has 3 amide bonds. The SMILES string of the molecule is O=C(O)C(NC(=O)N1CCOC1=O)c1ccc(O)cc1. The molecule has 0 bridgehead atoms. The molecule has 0 radical (unpaired) electrons. The highest BCUT2D eigenvalue weighted by Gasteiger charge is 2.32. The van der Waals surface area contributed by atoms with Gasteiger partial charge in [0.15, 0.2) is 6.04 Å². The number of carboxylic acids is 1. The van der Waals surface area contributed by atoms with Crippen LogP contribution in [0.1, 0.15) is 11.6 Å². The molecule has 0 spiro atoms. The van der Waals surface area contributed by atoms with E-state index in [1.807, 2.05) is 0 Å². The van der Waals surface area contributed by atoms with Crippen molar-refractivity contribution in [3.8, 4) is 5.75 Å². The number of nitrogens with one attached hydrogen (secondary N) is 1. The predicted octanol–water partition coefficient (Wildman–Crippen LogP) is 0.680. The van der Waals surface area contributed by atoms with Gasteiger partial charge in [-0.15, -0.1) is 0 Å². The summed E-state index contributed by atoms with van der Waals surface area (Å²) < 4.78 is 4.60. The van der Waals surface area contributed by atoms with Crippen LogP contribution in [0.25, 0.3) is 0 Å². The van der Waals surface area contributed by atoms with Gasteiger partial charge in [0.05, 0.1) is 6.54 Å². The van der Waals surface area contributed by atoms with Crippen LogP contribution < -0.4 is 5.32 Å². The van der Waals surface area contributed by atoms with Crippen LogP contribution in [0, 0.1) is 0 Å². The predicted molar refractivity (Wildman–Crippen MR) is 65.1 cm³/mol. The number of aliphatic carboxylic acids is 1. The number of benzene rings is 1. The molecular formula is C12H12N2O6. The molecule has 1 fully saturated rings. The number of imide groups is 1. The summed E-state index contributed by atoms with van der Waals surface area (Å²) in [5, 5.41) is 20.5. The summed E-state index contributed by atoms with van der Waals surface area (Å²) in [6, 6.07) is 3.20. The molecule has 1 saturated heterocycles. The van der Waals surface area contributed by atoms with E-state index in [-0.39, 0.29) is 24.5 Å². The smallest absolute Gasteiger partial charge is 0.418 e. The number of phenolic OH excluding ortho intramolecular Hbond substituents is 1. The number of carbonyl (C=O) groups excluding carboxylic acids is 2. The molecule has 1 heterocycles. The molecule has 0 saturated carbocycles. The van der Waals surface area contributed by atoms with Gasteiger partial charge >= 0.3 is 18.1 Å². The molecule has 1 aliphatic heterocycles. The number of hydrogen-bond donors (Lipinski definition) is 3. The zero-order chi connectivity index (χ0) is 14.7. The molecule has 106 valence electrons. The first-order chi connectivity index (χ1) is 9.49. The fraction of sp³-hybridized carbons (Fsp3) is 0.250. The summed E-state index contributed by atoms with van der Waals surface area (Å²) in [5.41, 5.74) is 0.274. The second-order valence-corrected chi connectivity index (χ2v) is 4.08. The Morgan fingerprint density at radius 2 is 1.95 bits per heavy atom. The van der Waals surface area contributed by atoms with Crippen molar-refractivity contribution >= 4 is 18.1 Å². The van der Waals surface area contributed by atoms with Crippen molar-refractivity contribution in [1.29, 1.82) is 0 Å². The van der Waals surface area contributed by atoms with Crippen molar-refractivity contribution in [1.82, 2.24) is 10.2 Å². The van der Waals surface area contributed by atoms with Gasteiger partial charge in [0, 0.05) is 0 Å². The molecule has 3 N–H and O–H groups in total. The minimum Gasteiger partial charge on any atom is -0.508 e. The lowest BCUT2D eigenvalue weighted by Gasteiger charge is -2.18. The second kappa shape index (κ2) is 5.47. The normalized spacial score (nSPS) is 15.6. The van der Waals surface area contributed by atoms with E-state index in [0.717, 1.165) is 4.90 Å². The number of amides is 3. The summed E-state index contributed by atoms with van der Waals surface area (Å²) in [7, 11) is 0. The Morgan fingerprint density at radius 3 is 2.45 bits per heavy atom. The Labute approximate surface area is 113 Å². The number of cyclic esters (lactones) is 1. The highest BCUT2D eigenvalue weighted by Crippen LogP contribution is 2.18. The molecule has 1 aromatic carbocycles. The van der Waals surface area contributed by atoms with Crippen LogP contribution in [0.15, 0.2) is 24.3 Å². The fourth-order valence-electron chi connectivity index (χ4n) is 1.73. The van der Waals surface area contributed by atoms with Gasteiger partial charge in [-0.1, -0.05) is 12.1 Å². The molecule has 2 rings (SSSR count). The maximum absolute atomic E-state index is 11.8. The van der Waals surface area contributed by atoms with Crippen molar-refractivity contribution in [3.63, 3.8) is 0 Å². The number of ether oxygens (including phenoxy) is 1. The van der Waals surface area contributed by atoms with Gasteiger partial charge in [0.25, 0.3) is 0 Å². The van der Waals surface area contributed by atoms with Crippen LogP contribution in [-0.2, 0) is 9.53 Å². The van der Waals surface area contributed by atoms with E-state index >= 15 is 0 Å². The standard InChI is InChI=1S/C12H12N2O6/c15-8-3-1-7(2-4-8)9(10(16)17)13-11(18)14-5-6-20-12(14)19/h1-4,9,15H,5-6H2,(H,13,18)(H,16,17). The van der Waals surface area contributed by atoms with Crippen molar-refractivity contribution in [3.05, 3.63) is 29.8 Å². The maximum Gasteiger partial charge on any atom is 0.418 e. The van der Waals surface area contributed by atoms with Crippen molar-refractivity contribution in [2.45, 2.75) is 6.04 Å². The van der Waals surface area contributed by atoms with Crippen LogP contribution in [0.5, 0.6) is 5.75 Å². The lowest BCUT2D eigenvalue weighted by Crippen LogP contribution is -2.44. The van der Waals surface area contributed by atoms with Gasteiger partial charge in [-0.2, -0.15) is 0 Å². The summed E-state index contributed by atoms with van der Waals surface area (Å²) in [6.07, 6.45) is -0.808. The Balaban J connectivity index is 2.13. The van der Waals surface area contributed by atoms with Crippen LogP contribution in [-0.4, -0.2) is 46.4 Å². The number of rotatable bonds is 3. The largest absolute Gasteiger partial charge is 0.508 e. The minimum absolute atomic E-state index is 0.0210. The van der Waals surface area contributed by atoms with E-state index in [0.29, 0.717) is 0 Å². The van der Waals surface area contributed by atoms with Crippen LogP contribution in [0.2, 0.25) is 0 Å². The molecule has 20 heavy (non-hydrogen) atoms. The monoisotopic (exact) mass is 280 g/mol. The molecule has 1 unspecified atom stereocenters. The maximum atomic E-state index is 11.8. The number of nitrogens with zero attached hydrogens (tertiary/aromatic N) is 1. The second-order valence-electron chi connectivity index (χ2n) is 4.08. The lowest BCUT2D eigenvalue weighted by molar-refractivity contribution is -0.139. The third-order valence-corrected chi connectivity index (χ3v) is 2.75. The highest BCUT2D eigenvalue weighted by atomic mass is 16.6. The average molecular weight is 280 g/mol. The van der Waals surface area contributed by atoms with Crippen LogP contribution >= 0.6 is 0 Å². The molecule has 1 aliphatic rings. The Hall–Kier alpha value is -2.77. The van der Waals surface area contributed by atoms with E-state index < -0.39 is 24.1 Å². The Morgan fingerprint density at radius 1 is 1.30 bits per heavy atom. The highest BCUT2D eigenvalue weighted by molar-refractivity contribution is 5.94. The molecule has 1 atom stereocenters. The summed E-state index contributed by atoms with van der Waals surface area (Å²) in [4.78, 5) is 35.0. The van der Waals surface area contributed by atoms with Gasteiger partial charge in [-0.25, -0.2) is 19.3 Å². The first-order valence-corrected chi connectivity index (χ1v) is 5.75. The Bertz CT molecular complexity index is 541. The minimum atomic E-state index is -1.32. The third kappa shape index (κ3) is 2.79. The van der Waals surface area contributed by atoms with E-state index in [1.165, 1.54) is 24.3 Å². The van der Waals surface area contributed by atoms with E-state index in [2.05, 4.69) is 10.1 Å². The Kier molecular flexibility index (Phi) is 3.74. The van der Waals surface area contributed by atoms with E-state index in [1.54, 1.807) is 0 Å². The topological polar surface area (TPSA) is 116 Å². The molecule has 8 heteroatoms. The van der Waals surface area contributed by atoms with Gasteiger partial charge in [-0.05, 0) is 17.7 Å². The molecule has 0 aromatic heterocycles. The summed E-state index contributed by atoms with van der Waals surface area (Å²) in [5.74, 6) is -1.30. The number of carboxylic acid groups (broad SMARTS) is 1. The molecule has 1 aromatic rings.